The minimum atomic E-state index is -0.757. The Hall–Kier alpha value is -1.82. The molecule has 5 heteroatoms. The lowest BCUT2D eigenvalue weighted by Crippen LogP contribution is -2.31. The Morgan fingerprint density at radius 3 is 2.60 bits per heavy atom. The summed E-state index contributed by atoms with van der Waals surface area (Å²) in [5, 5.41) is 18.1. The molecule has 0 amide bonds. The van der Waals surface area contributed by atoms with Gasteiger partial charge in [-0.05, 0) is 5.56 Å². The van der Waals surface area contributed by atoms with E-state index in [1.807, 2.05) is 30.3 Å². The number of aliphatic hydroxyl groups is 2. The van der Waals surface area contributed by atoms with Crippen LogP contribution in [0.4, 0.5) is 0 Å². The summed E-state index contributed by atoms with van der Waals surface area (Å²) in [5.74, 6) is -0.242. The fraction of sp³-hybridized carbons (Fsp3) is 0.333. The van der Waals surface area contributed by atoms with Crippen LogP contribution in [0.5, 0.6) is 0 Å². The third-order valence-corrected chi connectivity index (χ3v) is 3.05. The van der Waals surface area contributed by atoms with Crippen LogP contribution in [0, 0.1) is 0 Å². The van der Waals surface area contributed by atoms with Crippen molar-refractivity contribution in [2.45, 2.75) is 19.1 Å². The number of benzene rings is 1. The van der Waals surface area contributed by atoms with Crippen LogP contribution in [-0.4, -0.2) is 41.5 Å². The molecule has 1 aliphatic rings. The molecular formula is C15H17NO4. The molecular weight excluding hydrogens is 258 g/mol. The van der Waals surface area contributed by atoms with Crippen molar-refractivity contribution in [3.63, 3.8) is 0 Å². The average molecular weight is 275 g/mol. The van der Waals surface area contributed by atoms with Crippen LogP contribution in [0.1, 0.15) is 12.0 Å². The van der Waals surface area contributed by atoms with Crippen molar-refractivity contribution in [3.05, 3.63) is 47.2 Å². The van der Waals surface area contributed by atoms with Crippen LogP contribution in [-0.2, 0) is 16.1 Å². The van der Waals surface area contributed by atoms with Gasteiger partial charge in [0.05, 0.1) is 18.9 Å². The molecule has 0 radical (unpaired) electrons. The summed E-state index contributed by atoms with van der Waals surface area (Å²) in [6.45, 7) is -0.168. The van der Waals surface area contributed by atoms with Crippen LogP contribution in [0.15, 0.2) is 46.6 Å². The Balaban J connectivity index is 2.03. The van der Waals surface area contributed by atoms with E-state index in [0.29, 0.717) is 17.9 Å². The molecule has 2 rings (SSSR count). The first-order valence-corrected chi connectivity index (χ1v) is 6.44. The predicted octanol–water partition coefficient (Wildman–Crippen LogP) is 0.854. The maximum Gasteiger partial charge on any atom is 0.195 e. The van der Waals surface area contributed by atoms with E-state index >= 15 is 0 Å². The van der Waals surface area contributed by atoms with Crippen molar-refractivity contribution in [1.82, 2.24) is 0 Å². The van der Waals surface area contributed by atoms with Gasteiger partial charge in [-0.1, -0.05) is 30.3 Å². The Labute approximate surface area is 117 Å². The zero-order valence-electron chi connectivity index (χ0n) is 11.0. The highest BCUT2D eigenvalue weighted by Crippen LogP contribution is 2.19. The molecule has 1 aromatic rings. The van der Waals surface area contributed by atoms with Gasteiger partial charge in [0, 0.05) is 24.8 Å². The normalized spacial score (nSPS) is 18.7. The largest absolute Gasteiger partial charge is 0.396 e. The molecule has 0 saturated heterocycles. The van der Waals surface area contributed by atoms with Crippen LogP contribution >= 0.6 is 0 Å². The van der Waals surface area contributed by atoms with E-state index in [4.69, 9.17) is 14.9 Å². The Kier molecular flexibility index (Phi) is 5.17. The third kappa shape index (κ3) is 3.39. The van der Waals surface area contributed by atoms with Gasteiger partial charge < -0.3 is 14.9 Å². The first-order valence-electron chi connectivity index (χ1n) is 6.44. The van der Waals surface area contributed by atoms with Crippen molar-refractivity contribution in [2.24, 2.45) is 4.99 Å². The Bertz CT molecular complexity index is 522. The first-order chi connectivity index (χ1) is 9.76. The number of aliphatic hydroxyl groups excluding tert-OH is 2. The highest BCUT2D eigenvalue weighted by atomic mass is 16.5. The fourth-order valence-electron chi connectivity index (χ4n) is 2.01. The lowest BCUT2D eigenvalue weighted by atomic mass is 9.99. The summed E-state index contributed by atoms with van der Waals surface area (Å²) in [4.78, 5) is 16.2. The molecule has 0 spiro atoms. The van der Waals surface area contributed by atoms with Crippen molar-refractivity contribution in [3.8, 4) is 0 Å². The minimum Gasteiger partial charge on any atom is -0.396 e. The van der Waals surface area contributed by atoms with Crippen molar-refractivity contribution >= 4 is 12.0 Å². The van der Waals surface area contributed by atoms with Crippen molar-refractivity contribution in [1.29, 1.82) is 0 Å². The average Bonchev–Trinajstić information content (AvgIpc) is 2.49. The quantitative estimate of drug-likeness (QED) is 0.807. The standard InChI is InChI=1S/C15H17NO4/c17-7-6-12-13(9-18)16-8-14(15(12)19)20-10-11-4-2-1-3-5-11/h1-5,8,14,17-18H,6-7,9-10H2. The molecule has 20 heavy (non-hydrogen) atoms. The molecule has 1 atom stereocenters. The van der Waals surface area contributed by atoms with Crippen LogP contribution in [0.3, 0.4) is 0 Å². The summed E-state index contributed by atoms with van der Waals surface area (Å²) < 4.78 is 5.55. The number of carbonyl (C=O) groups is 1. The van der Waals surface area contributed by atoms with Gasteiger partial charge in [0.25, 0.3) is 0 Å². The second-order valence-corrected chi connectivity index (χ2v) is 4.42. The third-order valence-electron chi connectivity index (χ3n) is 3.05. The molecule has 0 aromatic heterocycles. The number of ketones is 1. The van der Waals surface area contributed by atoms with Crippen LogP contribution < -0.4 is 0 Å². The zero-order valence-corrected chi connectivity index (χ0v) is 11.0. The summed E-state index contributed by atoms with van der Waals surface area (Å²) in [5.41, 5.74) is 1.62. The number of Topliss-reactive ketones (excluding diaryl/α,β-unsaturated/α-hetero) is 1. The molecule has 5 nitrogen and oxygen atoms in total. The van der Waals surface area contributed by atoms with Gasteiger partial charge in [-0.25, -0.2) is 0 Å². The topological polar surface area (TPSA) is 79.1 Å². The van der Waals surface area contributed by atoms with E-state index in [1.54, 1.807) is 0 Å². The molecule has 106 valence electrons. The summed E-state index contributed by atoms with van der Waals surface area (Å²) in [6, 6.07) is 9.53. The van der Waals surface area contributed by atoms with Gasteiger partial charge >= 0.3 is 0 Å². The van der Waals surface area contributed by atoms with Crippen molar-refractivity contribution < 1.29 is 19.7 Å². The Morgan fingerprint density at radius 2 is 1.95 bits per heavy atom. The molecule has 0 saturated carbocycles. The highest BCUT2D eigenvalue weighted by molar-refractivity contribution is 6.10. The van der Waals surface area contributed by atoms with E-state index < -0.39 is 6.10 Å². The second kappa shape index (κ2) is 7.09. The second-order valence-electron chi connectivity index (χ2n) is 4.42. The molecule has 0 bridgehead atoms. The number of aliphatic imine (C=N–C) groups is 1. The molecule has 1 aromatic carbocycles. The maximum absolute atomic E-state index is 12.2. The predicted molar refractivity (Wildman–Crippen MR) is 74.3 cm³/mol. The van der Waals surface area contributed by atoms with Crippen LogP contribution in [0.2, 0.25) is 0 Å². The van der Waals surface area contributed by atoms with Gasteiger partial charge in [0.2, 0.25) is 0 Å². The molecule has 1 heterocycles. The lowest BCUT2D eigenvalue weighted by molar-refractivity contribution is -0.123. The fourth-order valence-corrected chi connectivity index (χ4v) is 2.01. The zero-order chi connectivity index (χ0) is 14.4. The number of ether oxygens (including phenoxy) is 1. The van der Waals surface area contributed by atoms with Crippen molar-refractivity contribution in [2.75, 3.05) is 13.2 Å². The molecule has 0 aliphatic carbocycles. The number of nitrogens with zero attached hydrogens (tertiary/aromatic N) is 1. The first kappa shape index (κ1) is 14.6. The maximum atomic E-state index is 12.2. The van der Waals surface area contributed by atoms with E-state index in [1.165, 1.54) is 6.21 Å². The Morgan fingerprint density at radius 1 is 1.20 bits per heavy atom. The summed E-state index contributed by atoms with van der Waals surface area (Å²) in [6.07, 6.45) is 0.821. The van der Waals surface area contributed by atoms with Crippen LogP contribution in [0.25, 0.3) is 0 Å². The molecule has 1 unspecified atom stereocenters. The molecule has 1 aliphatic heterocycles. The smallest absolute Gasteiger partial charge is 0.195 e. The van der Waals surface area contributed by atoms with E-state index in [0.717, 1.165) is 5.56 Å². The number of hydrogen-bond acceptors (Lipinski definition) is 5. The van der Waals surface area contributed by atoms with E-state index in [2.05, 4.69) is 4.99 Å². The summed E-state index contributed by atoms with van der Waals surface area (Å²) in [7, 11) is 0. The minimum absolute atomic E-state index is 0.161. The van der Waals surface area contributed by atoms with Gasteiger partial charge in [-0.3, -0.25) is 9.79 Å². The SMILES string of the molecule is O=C1C(CCO)=C(CO)N=CC1OCc1ccccc1. The molecule has 0 fully saturated rings. The number of carbonyl (C=O) groups excluding carboxylic acids is 1. The number of hydrogen-bond donors (Lipinski definition) is 2. The van der Waals surface area contributed by atoms with Gasteiger partial charge in [-0.15, -0.1) is 0 Å². The van der Waals surface area contributed by atoms with Gasteiger partial charge in [-0.2, -0.15) is 0 Å². The lowest BCUT2D eigenvalue weighted by Gasteiger charge is -2.20. The van der Waals surface area contributed by atoms with E-state index in [-0.39, 0.29) is 25.4 Å². The summed E-state index contributed by atoms with van der Waals surface area (Å²) >= 11 is 0. The molecule has 2 N–H and O–H groups in total. The highest BCUT2D eigenvalue weighted by Gasteiger charge is 2.27. The van der Waals surface area contributed by atoms with E-state index in [9.17, 15) is 4.79 Å². The number of rotatable bonds is 6. The monoisotopic (exact) mass is 275 g/mol. The van der Waals surface area contributed by atoms with Gasteiger partial charge in [0.1, 0.15) is 0 Å². The van der Waals surface area contributed by atoms with Gasteiger partial charge in [0.15, 0.2) is 11.9 Å².